The van der Waals surface area contributed by atoms with E-state index in [2.05, 4.69) is 21.2 Å². The Kier molecular flexibility index (Phi) is 4.97. The third-order valence-electron chi connectivity index (χ3n) is 4.39. The molecule has 1 saturated heterocycles. The zero-order chi connectivity index (χ0) is 14.8. The molecular formula is C16H21BrFNO. The van der Waals surface area contributed by atoms with Crippen molar-refractivity contribution in [3.8, 4) is 0 Å². The van der Waals surface area contributed by atoms with Crippen LogP contribution in [0.2, 0.25) is 0 Å². The summed E-state index contributed by atoms with van der Waals surface area (Å²) in [4.78, 5) is 12.6. The van der Waals surface area contributed by atoms with Gasteiger partial charge < -0.3 is 5.32 Å². The third kappa shape index (κ3) is 3.47. The Hall–Kier alpha value is -0.740. The van der Waals surface area contributed by atoms with E-state index in [1.54, 1.807) is 12.1 Å². The molecule has 2 rings (SSSR count). The largest absolute Gasteiger partial charge is 0.316 e. The second kappa shape index (κ2) is 6.35. The highest BCUT2D eigenvalue weighted by Gasteiger charge is 2.36. The van der Waals surface area contributed by atoms with Gasteiger partial charge in [0.05, 0.1) is 0 Å². The lowest BCUT2D eigenvalue weighted by Gasteiger charge is -2.36. The fourth-order valence-corrected chi connectivity index (χ4v) is 3.18. The van der Waals surface area contributed by atoms with Crippen LogP contribution >= 0.6 is 15.9 Å². The summed E-state index contributed by atoms with van der Waals surface area (Å²) in [6.07, 6.45) is 2.33. The molecule has 1 aromatic rings. The summed E-state index contributed by atoms with van der Waals surface area (Å²) in [7, 11) is 0. The van der Waals surface area contributed by atoms with Gasteiger partial charge in [-0.25, -0.2) is 4.39 Å². The van der Waals surface area contributed by atoms with Crippen molar-refractivity contribution in [3.63, 3.8) is 0 Å². The molecule has 0 aromatic heterocycles. The van der Waals surface area contributed by atoms with Crippen molar-refractivity contribution in [1.82, 2.24) is 5.32 Å². The Bertz CT molecular complexity index is 495. The van der Waals surface area contributed by atoms with E-state index in [-0.39, 0.29) is 18.0 Å². The molecule has 1 aliphatic heterocycles. The molecule has 0 amide bonds. The molecule has 0 saturated carbocycles. The van der Waals surface area contributed by atoms with Gasteiger partial charge in [0.25, 0.3) is 0 Å². The minimum Gasteiger partial charge on any atom is -0.316 e. The van der Waals surface area contributed by atoms with Crippen LogP contribution in [0.25, 0.3) is 0 Å². The fraction of sp³-hybridized carbons (Fsp3) is 0.562. The summed E-state index contributed by atoms with van der Waals surface area (Å²) in [5.74, 6) is 0.140. The van der Waals surface area contributed by atoms with Gasteiger partial charge in [-0.2, -0.15) is 0 Å². The molecule has 1 atom stereocenters. The van der Waals surface area contributed by atoms with Crippen LogP contribution in [0.3, 0.4) is 0 Å². The van der Waals surface area contributed by atoms with E-state index in [1.165, 1.54) is 6.07 Å². The number of nitrogens with one attached hydrogen (secondary N) is 1. The maximum atomic E-state index is 13.8. The van der Waals surface area contributed by atoms with E-state index < -0.39 is 5.41 Å². The molecule has 0 radical (unpaired) electrons. The normalized spacial score (nSPS) is 19.9. The van der Waals surface area contributed by atoms with Crippen molar-refractivity contribution >= 4 is 21.7 Å². The molecule has 1 N–H and O–H groups in total. The van der Waals surface area contributed by atoms with Gasteiger partial charge in [-0.05, 0) is 55.6 Å². The third-order valence-corrected chi connectivity index (χ3v) is 4.89. The number of Topliss-reactive ketones (excluding diaryl/α,β-unsaturated/α-hetero) is 1. The Labute approximate surface area is 128 Å². The lowest BCUT2D eigenvalue weighted by Crippen LogP contribution is -2.43. The summed E-state index contributed by atoms with van der Waals surface area (Å²) >= 11 is 3.33. The van der Waals surface area contributed by atoms with Gasteiger partial charge in [0.15, 0.2) is 0 Å². The number of halogens is 2. The van der Waals surface area contributed by atoms with E-state index in [0.29, 0.717) is 11.5 Å². The van der Waals surface area contributed by atoms with Crippen LogP contribution in [0.4, 0.5) is 4.39 Å². The second-order valence-corrected chi connectivity index (χ2v) is 7.02. The monoisotopic (exact) mass is 341 g/mol. The number of rotatable bonds is 4. The highest BCUT2D eigenvalue weighted by molar-refractivity contribution is 9.10. The van der Waals surface area contributed by atoms with Crippen molar-refractivity contribution in [1.29, 1.82) is 0 Å². The van der Waals surface area contributed by atoms with Crippen LogP contribution in [-0.4, -0.2) is 18.9 Å². The van der Waals surface area contributed by atoms with Gasteiger partial charge in [0.1, 0.15) is 11.6 Å². The minimum absolute atomic E-state index is 0.114. The quantitative estimate of drug-likeness (QED) is 0.904. The SMILES string of the molecule is CC(C)(C(=O)Cc1cc(Br)ccc1F)C1CCCNC1. The van der Waals surface area contributed by atoms with Gasteiger partial charge in [0, 0.05) is 16.3 Å². The van der Waals surface area contributed by atoms with Crippen molar-refractivity contribution in [2.24, 2.45) is 11.3 Å². The van der Waals surface area contributed by atoms with Gasteiger partial charge in [-0.3, -0.25) is 4.79 Å². The Morgan fingerprint density at radius 1 is 1.50 bits per heavy atom. The molecule has 110 valence electrons. The van der Waals surface area contributed by atoms with E-state index in [1.807, 2.05) is 13.8 Å². The number of piperidine rings is 1. The number of hydrogen-bond acceptors (Lipinski definition) is 2. The van der Waals surface area contributed by atoms with Gasteiger partial charge in [-0.15, -0.1) is 0 Å². The first-order valence-corrected chi connectivity index (χ1v) is 7.88. The molecule has 4 heteroatoms. The van der Waals surface area contributed by atoms with Crippen LogP contribution in [-0.2, 0) is 11.2 Å². The van der Waals surface area contributed by atoms with Crippen LogP contribution in [0.5, 0.6) is 0 Å². The van der Waals surface area contributed by atoms with Crippen molar-refractivity contribution in [3.05, 3.63) is 34.1 Å². The molecular weight excluding hydrogens is 321 g/mol. The molecule has 0 spiro atoms. The molecule has 1 aliphatic rings. The van der Waals surface area contributed by atoms with E-state index >= 15 is 0 Å². The number of benzene rings is 1. The van der Waals surface area contributed by atoms with Gasteiger partial charge in [0.2, 0.25) is 0 Å². The lowest BCUT2D eigenvalue weighted by atomic mass is 9.71. The topological polar surface area (TPSA) is 29.1 Å². The summed E-state index contributed by atoms with van der Waals surface area (Å²) in [6, 6.07) is 4.75. The fourth-order valence-electron chi connectivity index (χ4n) is 2.78. The Morgan fingerprint density at radius 3 is 2.90 bits per heavy atom. The molecule has 2 nitrogen and oxygen atoms in total. The Morgan fingerprint density at radius 2 is 2.25 bits per heavy atom. The second-order valence-electron chi connectivity index (χ2n) is 6.10. The van der Waals surface area contributed by atoms with Crippen molar-refractivity contribution < 1.29 is 9.18 Å². The number of carbonyl (C=O) groups is 1. The van der Waals surface area contributed by atoms with Crippen LogP contribution < -0.4 is 5.32 Å². The smallest absolute Gasteiger partial charge is 0.143 e. The average molecular weight is 342 g/mol. The minimum atomic E-state index is -0.415. The van der Waals surface area contributed by atoms with E-state index in [9.17, 15) is 9.18 Å². The van der Waals surface area contributed by atoms with Crippen LogP contribution in [0.1, 0.15) is 32.3 Å². The number of hydrogen-bond donors (Lipinski definition) is 1. The first-order valence-electron chi connectivity index (χ1n) is 7.09. The maximum absolute atomic E-state index is 13.8. The highest BCUT2D eigenvalue weighted by atomic mass is 79.9. The molecule has 0 aliphatic carbocycles. The number of ketones is 1. The van der Waals surface area contributed by atoms with Crippen LogP contribution in [0, 0.1) is 17.2 Å². The average Bonchev–Trinajstić information content (AvgIpc) is 2.43. The summed E-state index contributed by atoms with van der Waals surface area (Å²) in [5, 5.41) is 3.35. The first-order chi connectivity index (χ1) is 9.41. The van der Waals surface area contributed by atoms with Gasteiger partial charge in [-0.1, -0.05) is 29.8 Å². The summed E-state index contributed by atoms with van der Waals surface area (Å²) in [6.45, 7) is 5.88. The number of carbonyl (C=O) groups excluding carboxylic acids is 1. The maximum Gasteiger partial charge on any atom is 0.143 e. The Balaban J connectivity index is 2.11. The molecule has 1 heterocycles. The van der Waals surface area contributed by atoms with E-state index in [4.69, 9.17) is 0 Å². The summed E-state index contributed by atoms with van der Waals surface area (Å²) in [5.41, 5.74) is 0.0588. The van der Waals surface area contributed by atoms with Crippen molar-refractivity contribution in [2.45, 2.75) is 33.1 Å². The van der Waals surface area contributed by atoms with Gasteiger partial charge >= 0.3 is 0 Å². The highest BCUT2D eigenvalue weighted by Crippen LogP contribution is 2.34. The molecule has 1 fully saturated rings. The molecule has 0 bridgehead atoms. The lowest BCUT2D eigenvalue weighted by molar-refractivity contribution is -0.129. The summed E-state index contributed by atoms with van der Waals surface area (Å²) < 4.78 is 14.6. The zero-order valence-electron chi connectivity index (χ0n) is 12.0. The molecule has 1 unspecified atom stereocenters. The van der Waals surface area contributed by atoms with E-state index in [0.717, 1.165) is 30.4 Å². The predicted octanol–water partition coefficient (Wildman–Crippen LogP) is 3.73. The first kappa shape index (κ1) is 15.6. The zero-order valence-corrected chi connectivity index (χ0v) is 13.6. The van der Waals surface area contributed by atoms with Crippen molar-refractivity contribution in [2.75, 3.05) is 13.1 Å². The van der Waals surface area contributed by atoms with Crippen LogP contribution in [0.15, 0.2) is 22.7 Å². The molecule has 1 aromatic carbocycles. The predicted molar refractivity (Wildman–Crippen MR) is 82.2 cm³/mol. The molecule has 20 heavy (non-hydrogen) atoms. The standard InChI is InChI=1S/C16H21BrFNO/c1-16(2,12-4-3-7-19-10-12)15(20)9-11-8-13(17)5-6-14(11)18/h5-6,8,12,19H,3-4,7,9-10H2,1-2H3.